The summed E-state index contributed by atoms with van der Waals surface area (Å²) in [5.41, 5.74) is 0.0955. The van der Waals surface area contributed by atoms with Crippen LogP contribution in [0.1, 0.15) is 22.1 Å². The van der Waals surface area contributed by atoms with Gasteiger partial charge in [-0.15, -0.1) is 0 Å². The van der Waals surface area contributed by atoms with Gasteiger partial charge >= 0.3 is 0 Å². The molecule has 0 unspecified atom stereocenters. The van der Waals surface area contributed by atoms with Crippen molar-refractivity contribution in [2.24, 2.45) is 0 Å². The maximum atomic E-state index is 13.2. The van der Waals surface area contributed by atoms with Gasteiger partial charge in [0.25, 0.3) is 5.91 Å². The van der Waals surface area contributed by atoms with Crippen LogP contribution < -0.4 is 10.3 Å². The summed E-state index contributed by atoms with van der Waals surface area (Å²) in [6.45, 7) is 2.00. The average molecular weight is 360 g/mol. The molecule has 6 heteroatoms. The molecule has 0 spiro atoms. The van der Waals surface area contributed by atoms with Gasteiger partial charge in [-0.05, 0) is 43.3 Å². The van der Waals surface area contributed by atoms with Crippen LogP contribution in [0.25, 0.3) is 11.0 Å². The van der Waals surface area contributed by atoms with E-state index in [4.69, 9.17) is 8.83 Å². The van der Waals surface area contributed by atoms with Crippen molar-refractivity contribution in [3.8, 4) is 0 Å². The van der Waals surface area contributed by atoms with Crippen LogP contribution in [0.15, 0.2) is 80.5 Å². The van der Waals surface area contributed by atoms with Gasteiger partial charge in [0.1, 0.15) is 22.9 Å². The van der Waals surface area contributed by atoms with Crippen LogP contribution in [0.3, 0.4) is 0 Å². The fraction of sp³-hybridized carbons (Fsp3) is 0.0952. The molecule has 0 aliphatic carbocycles. The topological polar surface area (TPSA) is 76.6 Å². The van der Waals surface area contributed by atoms with E-state index in [1.165, 1.54) is 11.0 Å². The number of benzene rings is 1. The van der Waals surface area contributed by atoms with Crippen LogP contribution >= 0.6 is 0 Å². The molecule has 0 bridgehead atoms. The fourth-order valence-electron chi connectivity index (χ4n) is 2.84. The van der Waals surface area contributed by atoms with Crippen molar-refractivity contribution in [2.45, 2.75) is 13.5 Å². The number of pyridine rings is 1. The molecule has 6 nitrogen and oxygen atoms in total. The van der Waals surface area contributed by atoms with Crippen molar-refractivity contribution >= 4 is 22.7 Å². The number of rotatable bonds is 4. The molecule has 0 aliphatic rings. The molecule has 0 saturated heterocycles. The number of nitrogens with zero attached hydrogens (tertiary/aromatic N) is 2. The van der Waals surface area contributed by atoms with E-state index in [9.17, 15) is 9.59 Å². The Bertz CT molecular complexity index is 1160. The van der Waals surface area contributed by atoms with Crippen LogP contribution in [-0.4, -0.2) is 10.9 Å². The van der Waals surface area contributed by atoms with Gasteiger partial charge in [-0.1, -0.05) is 18.2 Å². The molecule has 3 aromatic heterocycles. The summed E-state index contributed by atoms with van der Waals surface area (Å²) in [5, 5.41) is 0.431. The van der Waals surface area contributed by atoms with E-state index in [-0.39, 0.29) is 17.7 Å². The first-order chi connectivity index (χ1) is 13.1. The van der Waals surface area contributed by atoms with Crippen molar-refractivity contribution in [1.82, 2.24) is 4.98 Å². The van der Waals surface area contributed by atoms with E-state index >= 15 is 0 Å². The van der Waals surface area contributed by atoms with Gasteiger partial charge in [-0.3, -0.25) is 14.5 Å². The molecule has 134 valence electrons. The number of amides is 1. The monoisotopic (exact) mass is 360 g/mol. The van der Waals surface area contributed by atoms with Crippen molar-refractivity contribution in [2.75, 3.05) is 4.90 Å². The Morgan fingerprint density at radius 1 is 1.04 bits per heavy atom. The van der Waals surface area contributed by atoms with Crippen molar-refractivity contribution < 1.29 is 13.6 Å². The Morgan fingerprint density at radius 3 is 2.59 bits per heavy atom. The normalized spacial score (nSPS) is 10.9. The second-order valence-corrected chi connectivity index (χ2v) is 6.06. The van der Waals surface area contributed by atoms with Gasteiger partial charge in [0, 0.05) is 12.3 Å². The fourth-order valence-corrected chi connectivity index (χ4v) is 2.84. The number of hydrogen-bond donors (Lipinski definition) is 0. The van der Waals surface area contributed by atoms with Crippen molar-refractivity contribution in [3.05, 3.63) is 94.4 Å². The number of fused-ring (bicyclic) bond motifs is 1. The Balaban J connectivity index is 1.77. The summed E-state index contributed by atoms with van der Waals surface area (Å²) in [6.07, 6.45) is 1.60. The summed E-state index contributed by atoms with van der Waals surface area (Å²) in [7, 11) is 0. The molecule has 4 aromatic rings. The number of aryl methyl sites for hydroxylation is 1. The van der Waals surface area contributed by atoms with Gasteiger partial charge in [0.05, 0.1) is 11.9 Å². The molecular weight excluding hydrogens is 344 g/mol. The Kier molecular flexibility index (Phi) is 4.30. The van der Waals surface area contributed by atoms with Gasteiger partial charge in [0.15, 0.2) is 11.2 Å². The lowest BCUT2D eigenvalue weighted by molar-refractivity contribution is 0.0956. The number of carbonyl (C=O) groups excluding carboxylic acids is 1. The molecule has 27 heavy (non-hydrogen) atoms. The molecule has 0 atom stereocenters. The van der Waals surface area contributed by atoms with E-state index < -0.39 is 5.91 Å². The third kappa shape index (κ3) is 3.37. The minimum atomic E-state index is -0.467. The van der Waals surface area contributed by atoms with Gasteiger partial charge in [0.2, 0.25) is 0 Å². The molecule has 4 rings (SSSR count). The number of anilines is 1. The number of para-hydroxylation sites is 1. The first kappa shape index (κ1) is 16.8. The first-order valence-corrected chi connectivity index (χ1v) is 8.43. The van der Waals surface area contributed by atoms with Gasteiger partial charge < -0.3 is 8.83 Å². The zero-order valence-corrected chi connectivity index (χ0v) is 14.6. The highest BCUT2D eigenvalue weighted by molar-refractivity contribution is 6.04. The predicted molar refractivity (Wildman–Crippen MR) is 101 cm³/mol. The molecule has 1 aromatic carbocycles. The Labute approximate surface area is 154 Å². The summed E-state index contributed by atoms with van der Waals surface area (Å²) >= 11 is 0. The van der Waals surface area contributed by atoms with Crippen molar-refractivity contribution in [3.63, 3.8) is 0 Å². The number of hydrogen-bond acceptors (Lipinski definition) is 5. The Morgan fingerprint density at radius 2 is 1.85 bits per heavy atom. The molecule has 0 fully saturated rings. The SMILES string of the molecule is Cc1ccc(CN(C(=O)c2cc(=O)c3ccccc3o2)c2ccccn2)o1. The van der Waals surface area contributed by atoms with E-state index in [1.54, 1.807) is 54.7 Å². The maximum absolute atomic E-state index is 13.2. The van der Waals surface area contributed by atoms with E-state index in [0.29, 0.717) is 22.5 Å². The summed E-state index contributed by atoms with van der Waals surface area (Å²) in [6, 6.07) is 16.9. The van der Waals surface area contributed by atoms with E-state index in [0.717, 1.165) is 5.76 Å². The maximum Gasteiger partial charge on any atom is 0.295 e. The molecule has 3 heterocycles. The number of aromatic nitrogens is 1. The highest BCUT2D eigenvalue weighted by Gasteiger charge is 2.23. The predicted octanol–water partition coefficient (Wildman–Crippen LogP) is 3.94. The number of carbonyl (C=O) groups is 1. The van der Waals surface area contributed by atoms with Gasteiger partial charge in [-0.2, -0.15) is 0 Å². The second kappa shape index (κ2) is 6.92. The molecule has 1 amide bonds. The zero-order valence-electron chi connectivity index (χ0n) is 14.6. The van der Waals surface area contributed by atoms with Crippen molar-refractivity contribution in [1.29, 1.82) is 0 Å². The van der Waals surface area contributed by atoms with E-state index in [2.05, 4.69) is 4.98 Å². The van der Waals surface area contributed by atoms with E-state index in [1.807, 2.05) is 13.0 Å². The molecule has 0 saturated carbocycles. The first-order valence-electron chi connectivity index (χ1n) is 8.43. The van der Waals surface area contributed by atoms with Crippen LogP contribution in [0.5, 0.6) is 0 Å². The lowest BCUT2D eigenvalue weighted by Gasteiger charge is -2.20. The zero-order chi connectivity index (χ0) is 18.8. The third-order valence-electron chi connectivity index (χ3n) is 4.13. The highest BCUT2D eigenvalue weighted by atomic mass is 16.3. The number of furan rings is 1. The van der Waals surface area contributed by atoms with Crippen LogP contribution in [-0.2, 0) is 6.54 Å². The largest absolute Gasteiger partial charge is 0.464 e. The summed E-state index contributed by atoms with van der Waals surface area (Å²) in [4.78, 5) is 31.2. The third-order valence-corrected chi connectivity index (χ3v) is 4.13. The van der Waals surface area contributed by atoms with Crippen LogP contribution in [0.4, 0.5) is 5.82 Å². The quantitative estimate of drug-likeness (QED) is 0.551. The standard InChI is InChI=1S/C21H16N2O4/c1-14-9-10-15(26-14)13-23(20-8-4-5-11-22-20)21(25)19-12-17(24)16-6-2-3-7-18(16)27-19/h2-12H,13H2,1H3. The lowest BCUT2D eigenvalue weighted by atomic mass is 10.2. The second-order valence-electron chi connectivity index (χ2n) is 6.06. The van der Waals surface area contributed by atoms with Crippen LogP contribution in [0, 0.1) is 6.92 Å². The van der Waals surface area contributed by atoms with Crippen LogP contribution in [0.2, 0.25) is 0 Å². The molecule has 0 aliphatic heterocycles. The lowest BCUT2D eigenvalue weighted by Crippen LogP contribution is -2.31. The van der Waals surface area contributed by atoms with Gasteiger partial charge in [-0.25, -0.2) is 4.98 Å². The minimum Gasteiger partial charge on any atom is -0.464 e. The summed E-state index contributed by atoms with van der Waals surface area (Å²) < 4.78 is 11.3. The summed E-state index contributed by atoms with van der Waals surface area (Å²) in [5.74, 6) is 1.27. The minimum absolute atomic E-state index is 0.0485. The highest BCUT2D eigenvalue weighted by Crippen LogP contribution is 2.20. The Hall–Kier alpha value is -3.67. The average Bonchev–Trinajstić information content (AvgIpc) is 3.11. The smallest absolute Gasteiger partial charge is 0.295 e. The molecule has 0 N–H and O–H groups in total. The molecule has 0 radical (unpaired) electrons. The molecular formula is C21H16N2O4.